The van der Waals surface area contributed by atoms with E-state index >= 15 is 0 Å². The predicted molar refractivity (Wildman–Crippen MR) is 138 cm³/mol. The van der Waals surface area contributed by atoms with E-state index in [4.69, 9.17) is 0 Å². The molecule has 182 valence electrons. The molecular weight excluding hydrogens is 472 g/mol. The number of amides is 4. The number of barbiturate groups is 1. The Labute approximate surface area is 211 Å². The van der Waals surface area contributed by atoms with Crippen molar-refractivity contribution in [1.29, 1.82) is 0 Å². The van der Waals surface area contributed by atoms with Gasteiger partial charge in [0.15, 0.2) is 0 Å². The van der Waals surface area contributed by atoms with Crippen LogP contribution in [0.1, 0.15) is 5.56 Å². The Hall–Kier alpha value is -5.31. The number of hydrogen-bond acceptors (Lipinski definition) is 5. The highest BCUT2D eigenvalue weighted by atomic mass is 16.6. The molecule has 9 nitrogen and oxygen atoms in total. The molecule has 0 spiro atoms. The number of imide groups is 2. The van der Waals surface area contributed by atoms with Crippen LogP contribution in [0.5, 0.6) is 0 Å². The van der Waals surface area contributed by atoms with Crippen LogP contribution in [0.2, 0.25) is 0 Å². The second kappa shape index (κ2) is 9.38. The van der Waals surface area contributed by atoms with E-state index in [9.17, 15) is 24.5 Å². The van der Waals surface area contributed by atoms with Gasteiger partial charge in [0, 0.05) is 30.4 Å². The Balaban J connectivity index is 1.82. The highest BCUT2D eigenvalue weighted by Gasteiger charge is 2.33. The number of urea groups is 1. The van der Waals surface area contributed by atoms with Crippen molar-refractivity contribution in [2.45, 2.75) is 0 Å². The Morgan fingerprint density at radius 1 is 0.838 bits per heavy atom. The molecule has 1 N–H and O–H groups in total. The molecule has 0 aliphatic carbocycles. The fourth-order valence-corrected chi connectivity index (χ4v) is 4.25. The summed E-state index contributed by atoms with van der Waals surface area (Å²) in [5, 5.41) is 13.4. The van der Waals surface area contributed by atoms with E-state index < -0.39 is 22.8 Å². The van der Waals surface area contributed by atoms with Gasteiger partial charge in [0.1, 0.15) is 5.57 Å². The average molecular weight is 492 g/mol. The fourth-order valence-electron chi connectivity index (χ4n) is 4.25. The van der Waals surface area contributed by atoms with Gasteiger partial charge in [-0.3, -0.25) is 29.9 Å². The number of aromatic nitrogens is 1. The minimum Gasteiger partial charge on any atom is -0.309 e. The van der Waals surface area contributed by atoms with E-state index in [0.29, 0.717) is 16.9 Å². The standard InChI is InChI=1S/C28H20N4O5/c1-30-27(34)23(26(33)29-28(30)35)16-20-17-24(18-8-4-2-5-9-18)31(25(20)19-10-6-3-7-11-19)21-12-14-22(15-13-21)32(36)37/h2-17H,1H3,(H,29,33,35)/b23-16+. The van der Waals surface area contributed by atoms with E-state index in [1.54, 1.807) is 12.1 Å². The zero-order chi connectivity index (χ0) is 26.1. The zero-order valence-electron chi connectivity index (χ0n) is 19.6. The number of hydrogen-bond donors (Lipinski definition) is 1. The molecule has 5 rings (SSSR count). The van der Waals surface area contributed by atoms with Crippen LogP contribution < -0.4 is 5.32 Å². The Kier molecular flexibility index (Phi) is 5.94. The van der Waals surface area contributed by atoms with Crippen LogP contribution in [-0.2, 0) is 9.59 Å². The van der Waals surface area contributed by atoms with Gasteiger partial charge in [0.25, 0.3) is 17.5 Å². The van der Waals surface area contributed by atoms with Crippen molar-refractivity contribution in [3.8, 4) is 28.2 Å². The molecule has 0 radical (unpaired) electrons. The number of rotatable bonds is 5. The monoisotopic (exact) mass is 492 g/mol. The molecule has 0 unspecified atom stereocenters. The maximum atomic E-state index is 12.8. The van der Waals surface area contributed by atoms with Crippen molar-refractivity contribution in [2.24, 2.45) is 0 Å². The van der Waals surface area contributed by atoms with Crippen LogP contribution in [0.4, 0.5) is 10.5 Å². The summed E-state index contributed by atoms with van der Waals surface area (Å²) in [6, 6.07) is 26.1. The van der Waals surface area contributed by atoms with Crippen LogP contribution in [0.3, 0.4) is 0 Å². The van der Waals surface area contributed by atoms with E-state index in [2.05, 4.69) is 5.32 Å². The Morgan fingerprint density at radius 2 is 1.43 bits per heavy atom. The second-order valence-corrected chi connectivity index (χ2v) is 8.36. The number of nitro benzene ring substituents is 1. The molecule has 1 aliphatic rings. The Morgan fingerprint density at radius 3 is 2.03 bits per heavy atom. The third-order valence-corrected chi connectivity index (χ3v) is 6.07. The number of carbonyl (C=O) groups excluding carboxylic acids is 3. The van der Waals surface area contributed by atoms with E-state index in [1.807, 2.05) is 71.3 Å². The third kappa shape index (κ3) is 4.30. The number of carbonyl (C=O) groups is 3. The average Bonchev–Trinajstić information content (AvgIpc) is 3.30. The lowest BCUT2D eigenvalue weighted by Crippen LogP contribution is -2.52. The molecule has 37 heavy (non-hydrogen) atoms. The molecule has 1 aliphatic heterocycles. The summed E-state index contributed by atoms with van der Waals surface area (Å²) in [4.78, 5) is 49.0. The topological polar surface area (TPSA) is 115 Å². The number of nitrogens with one attached hydrogen (secondary N) is 1. The van der Waals surface area contributed by atoms with Gasteiger partial charge in [-0.05, 0) is 35.4 Å². The smallest absolute Gasteiger partial charge is 0.309 e. The van der Waals surface area contributed by atoms with Crippen molar-refractivity contribution >= 4 is 29.6 Å². The molecule has 0 bridgehead atoms. The molecule has 3 aromatic carbocycles. The van der Waals surface area contributed by atoms with Gasteiger partial charge in [0.05, 0.1) is 16.3 Å². The SMILES string of the molecule is CN1C(=O)NC(=O)/C(=C\c2cc(-c3ccccc3)n(-c3ccc([N+](=O)[O-])cc3)c2-c2ccccc2)C1=O. The summed E-state index contributed by atoms with van der Waals surface area (Å²) in [6.07, 6.45) is 1.47. The summed E-state index contributed by atoms with van der Waals surface area (Å²) in [5.41, 5.74) is 4.05. The molecule has 2 heterocycles. The minimum atomic E-state index is -0.788. The largest absolute Gasteiger partial charge is 0.331 e. The summed E-state index contributed by atoms with van der Waals surface area (Å²) < 4.78 is 1.93. The van der Waals surface area contributed by atoms with E-state index in [-0.39, 0.29) is 11.3 Å². The van der Waals surface area contributed by atoms with Crippen LogP contribution in [0.15, 0.2) is 96.6 Å². The van der Waals surface area contributed by atoms with Gasteiger partial charge in [-0.1, -0.05) is 60.7 Å². The third-order valence-electron chi connectivity index (χ3n) is 6.07. The van der Waals surface area contributed by atoms with Gasteiger partial charge in [-0.25, -0.2) is 4.79 Å². The lowest BCUT2D eigenvalue weighted by molar-refractivity contribution is -0.384. The maximum absolute atomic E-state index is 12.8. The molecule has 0 atom stereocenters. The number of benzene rings is 3. The fraction of sp³-hybridized carbons (Fsp3) is 0.0357. The molecule has 1 saturated heterocycles. The number of nitro groups is 1. The van der Waals surface area contributed by atoms with Gasteiger partial charge < -0.3 is 4.57 Å². The summed E-state index contributed by atoms with van der Waals surface area (Å²) in [7, 11) is 1.30. The Bertz CT molecular complexity index is 1570. The number of likely N-dealkylation sites (N-methyl/N-ethyl adjacent to an activating group) is 1. The van der Waals surface area contributed by atoms with E-state index in [1.165, 1.54) is 25.3 Å². The lowest BCUT2D eigenvalue weighted by atomic mass is 10.0. The van der Waals surface area contributed by atoms with Crippen molar-refractivity contribution in [2.75, 3.05) is 7.05 Å². The highest BCUT2D eigenvalue weighted by Crippen LogP contribution is 2.37. The normalized spacial score (nSPS) is 14.7. The first-order chi connectivity index (χ1) is 17.8. The predicted octanol–water partition coefficient (Wildman–Crippen LogP) is 4.81. The highest BCUT2D eigenvalue weighted by molar-refractivity contribution is 6.31. The summed E-state index contributed by atoms with van der Waals surface area (Å²) >= 11 is 0. The van der Waals surface area contributed by atoms with Crippen molar-refractivity contribution in [3.63, 3.8) is 0 Å². The summed E-state index contributed by atoms with van der Waals surface area (Å²) in [5.74, 6) is -1.49. The first-order valence-corrected chi connectivity index (χ1v) is 11.3. The van der Waals surface area contributed by atoms with Gasteiger partial charge in [-0.15, -0.1) is 0 Å². The van der Waals surface area contributed by atoms with Gasteiger partial charge in [0.2, 0.25) is 0 Å². The van der Waals surface area contributed by atoms with Crippen LogP contribution in [0, 0.1) is 10.1 Å². The summed E-state index contributed by atoms with van der Waals surface area (Å²) in [6.45, 7) is 0. The first kappa shape index (κ1) is 23.4. The van der Waals surface area contributed by atoms with E-state index in [0.717, 1.165) is 21.7 Å². The molecule has 9 heteroatoms. The maximum Gasteiger partial charge on any atom is 0.331 e. The molecule has 1 fully saturated rings. The zero-order valence-corrected chi connectivity index (χ0v) is 19.6. The van der Waals surface area contributed by atoms with Crippen LogP contribution in [-0.4, -0.2) is 39.3 Å². The molecule has 0 saturated carbocycles. The number of non-ortho nitro benzene ring substituents is 1. The molecule has 1 aromatic heterocycles. The van der Waals surface area contributed by atoms with Crippen molar-refractivity contribution in [3.05, 3.63) is 112 Å². The first-order valence-electron chi connectivity index (χ1n) is 11.3. The van der Waals surface area contributed by atoms with Crippen LogP contribution >= 0.6 is 0 Å². The lowest BCUT2D eigenvalue weighted by Gasteiger charge is -2.22. The van der Waals surface area contributed by atoms with Gasteiger partial charge >= 0.3 is 6.03 Å². The van der Waals surface area contributed by atoms with Crippen LogP contribution in [0.25, 0.3) is 34.3 Å². The molecular formula is C28H20N4O5. The molecule has 4 aromatic rings. The molecule has 4 amide bonds. The van der Waals surface area contributed by atoms with Gasteiger partial charge in [-0.2, -0.15) is 0 Å². The second-order valence-electron chi connectivity index (χ2n) is 8.36. The number of nitrogens with zero attached hydrogens (tertiary/aromatic N) is 3. The van der Waals surface area contributed by atoms with Crippen molar-refractivity contribution < 1.29 is 19.3 Å². The quantitative estimate of drug-likeness (QED) is 0.186. The van der Waals surface area contributed by atoms with Crippen molar-refractivity contribution in [1.82, 2.24) is 14.8 Å². The minimum absolute atomic E-state index is 0.0436.